The standard InChI is InChI=1S/C19H18ClN3O2S/c1-11-16(18(24)22-14-9-5-6-10-15(14)25-2)17(23-19(26)21-11)12-7-3-4-8-13(12)20/h3-10,17H,1-2H3,(H,22,24)(H2,21,23,26)/t17-/m1/s1. The third-order valence-electron chi connectivity index (χ3n) is 4.09. The number of anilines is 1. The molecule has 0 saturated carbocycles. The SMILES string of the molecule is COc1ccccc1NC(=O)C1=C(C)NC(=S)N[C@@H]1c1ccccc1Cl. The Labute approximate surface area is 162 Å². The minimum atomic E-state index is -0.452. The molecule has 2 aromatic carbocycles. The summed E-state index contributed by atoms with van der Waals surface area (Å²) in [5, 5.41) is 10.1. The molecule has 1 aliphatic rings. The van der Waals surface area contributed by atoms with Crippen LogP contribution in [0.2, 0.25) is 5.02 Å². The Morgan fingerprint density at radius 3 is 2.62 bits per heavy atom. The summed E-state index contributed by atoms with van der Waals surface area (Å²) in [7, 11) is 1.56. The van der Waals surface area contributed by atoms with Crippen LogP contribution in [0.25, 0.3) is 0 Å². The van der Waals surface area contributed by atoms with Crippen molar-refractivity contribution < 1.29 is 9.53 Å². The number of rotatable bonds is 4. The lowest BCUT2D eigenvalue weighted by Crippen LogP contribution is -2.45. The fourth-order valence-corrected chi connectivity index (χ4v) is 3.39. The molecule has 0 spiro atoms. The second-order valence-electron chi connectivity index (χ2n) is 5.75. The van der Waals surface area contributed by atoms with E-state index in [1.807, 2.05) is 37.3 Å². The molecule has 2 aromatic rings. The van der Waals surface area contributed by atoms with E-state index in [1.54, 1.807) is 25.3 Å². The number of carbonyl (C=O) groups is 1. The Hall–Kier alpha value is -2.57. The van der Waals surface area contributed by atoms with Crippen molar-refractivity contribution in [2.45, 2.75) is 13.0 Å². The third-order valence-corrected chi connectivity index (χ3v) is 4.65. The lowest BCUT2D eigenvalue weighted by atomic mass is 9.95. The molecule has 0 unspecified atom stereocenters. The minimum absolute atomic E-state index is 0.264. The van der Waals surface area contributed by atoms with Crippen molar-refractivity contribution >= 4 is 40.5 Å². The third kappa shape index (κ3) is 3.66. The van der Waals surface area contributed by atoms with Gasteiger partial charge in [-0.2, -0.15) is 0 Å². The van der Waals surface area contributed by atoms with Crippen molar-refractivity contribution in [1.82, 2.24) is 10.6 Å². The maximum Gasteiger partial charge on any atom is 0.255 e. The minimum Gasteiger partial charge on any atom is -0.495 e. The number of para-hydroxylation sites is 2. The van der Waals surface area contributed by atoms with Gasteiger partial charge in [0.15, 0.2) is 5.11 Å². The first-order valence-corrected chi connectivity index (χ1v) is 8.77. The van der Waals surface area contributed by atoms with Crippen molar-refractivity contribution in [3.63, 3.8) is 0 Å². The van der Waals surface area contributed by atoms with Crippen LogP contribution in [0.3, 0.4) is 0 Å². The van der Waals surface area contributed by atoms with Gasteiger partial charge in [-0.25, -0.2) is 0 Å². The zero-order chi connectivity index (χ0) is 18.7. The predicted molar refractivity (Wildman–Crippen MR) is 107 cm³/mol. The monoisotopic (exact) mass is 387 g/mol. The molecule has 5 nitrogen and oxygen atoms in total. The Balaban J connectivity index is 1.99. The van der Waals surface area contributed by atoms with E-state index in [-0.39, 0.29) is 5.91 Å². The number of carbonyl (C=O) groups excluding carboxylic acids is 1. The van der Waals surface area contributed by atoms with E-state index >= 15 is 0 Å². The molecule has 3 N–H and O–H groups in total. The van der Waals surface area contributed by atoms with Gasteiger partial charge in [-0.3, -0.25) is 4.79 Å². The van der Waals surface area contributed by atoms with Crippen molar-refractivity contribution in [3.8, 4) is 5.75 Å². The molecular formula is C19H18ClN3O2S. The number of halogens is 1. The van der Waals surface area contributed by atoms with Crippen LogP contribution in [0.15, 0.2) is 59.8 Å². The second-order valence-corrected chi connectivity index (χ2v) is 6.56. The quantitative estimate of drug-likeness (QED) is 0.697. The van der Waals surface area contributed by atoms with Crippen LogP contribution in [0.4, 0.5) is 5.69 Å². The molecular weight excluding hydrogens is 370 g/mol. The van der Waals surface area contributed by atoms with Gasteiger partial charge in [0.05, 0.1) is 24.4 Å². The van der Waals surface area contributed by atoms with Crippen LogP contribution in [0.1, 0.15) is 18.5 Å². The summed E-state index contributed by atoms with van der Waals surface area (Å²) in [5.74, 6) is 0.320. The number of hydrogen-bond donors (Lipinski definition) is 3. The van der Waals surface area contributed by atoms with E-state index in [1.165, 1.54) is 0 Å². The summed E-state index contributed by atoms with van der Waals surface area (Å²) in [6.07, 6.45) is 0. The van der Waals surface area contributed by atoms with Gasteiger partial charge in [-0.1, -0.05) is 41.9 Å². The summed E-state index contributed by atoms with van der Waals surface area (Å²) in [6.45, 7) is 1.81. The first-order chi connectivity index (χ1) is 12.5. The highest BCUT2D eigenvalue weighted by atomic mass is 35.5. The average Bonchev–Trinajstić information content (AvgIpc) is 2.61. The maximum absolute atomic E-state index is 13.1. The molecule has 0 aromatic heterocycles. The zero-order valence-electron chi connectivity index (χ0n) is 14.3. The number of allylic oxidation sites excluding steroid dienone is 1. The summed E-state index contributed by atoms with van der Waals surface area (Å²) in [6, 6.07) is 14.2. The molecule has 1 atom stereocenters. The van der Waals surface area contributed by atoms with Crippen LogP contribution in [0.5, 0.6) is 5.75 Å². The lowest BCUT2D eigenvalue weighted by molar-refractivity contribution is -0.113. The van der Waals surface area contributed by atoms with Crippen molar-refractivity contribution in [3.05, 3.63) is 70.4 Å². The first-order valence-electron chi connectivity index (χ1n) is 7.98. The molecule has 0 fully saturated rings. The molecule has 1 amide bonds. The molecule has 0 radical (unpaired) electrons. The Kier molecular flexibility index (Phi) is 5.44. The lowest BCUT2D eigenvalue weighted by Gasteiger charge is -2.31. The smallest absolute Gasteiger partial charge is 0.255 e. The Bertz CT molecular complexity index is 898. The molecule has 7 heteroatoms. The number of hydrogen-bond acceptors (Lipinski definition) is 3. The van der Waals surface area contributed by atoms with Gasteiger partial charge < -0.3 is 20.7 Å². The highest BCUT2D eigenvalue weighted by Crippen LogP contribution is 2.33. The van der Waals surface area contributed by atoms with Crippen LogP contribution in [-0.2, 0) is 4.79 Å². The molecule has 134 valence electrons. The fourth-order valence-electron chi connectivity index (χ4n) is 2.87. The molecule has 1 heterocycles. The summed E-state index contributed by atoms with van der Waals surface area (Å²) >= 11 is 11.6. The van der Waals surface area contributed by atoms with E-state index in [2.05, 4.69) is 16.0 Å². The number of benzene rings is 2. The topological polar surface area (TPSA) is 62.4 Å². The van der Waals surface area contributed by atoms with Crippen LogP contribution in [0, 0.1) is 0 Å². The first kappa shape index (κ1) is 18.2. The average molecular weight is 388 g/mol. The van der Waals surface area contributed by atoms with Crippen LogP contribution >= 0.6 is 23.8 Å². The van der Waals surface area contributed by atoms with Crippen LogP contribution in [-0.4, -0.2) is 18.1 Å². The predicted octanol–water partition coefficient (Wildman–Crippen LogP) is 3.78. The normalized spacial score (nSPS) is 16.6. The van der Waals surface area contributed by atoms with Gasteiger partial charge in [-0.05, 0) is 42.9 Å². The molecule has 26 heavy (non-hydrogen) atoms. The number of nitrogens with one attached hydrogen (secondary N) is 3. The molecule has 0 bridgehead atoms. The van der Waals surface area contributed by atoms with E-state index in [0.717, 1.165) is 5.56 Å². The van der Waals surface area contributed by atoms with Gasteiger partial charge in [0.2, 0.25) is 0 Å². The summed E-state index contributed by atoms with van der Waals surface area (Å²) in [5.41, 5.74) is 2.55. The van der Waals surface area contributed by atoms with E-state index in [0.29, 0.717) is 32.8 Å². The van der Waals surface area contributed by atoms with E-state index in [9.17, 15) is 4.79 Å². The molecule has 1 aliphatic heterocycles. The van der Waals surface area contributed by atoms with Gasteiger partial charge in [-0.15, -0.1) is 0 Å². The largest absolute Gasteiger partial charge is 0.495 e. The molecule has 0 aliphatic carbocycles. The number of methoxy groups -OCH3 is 1. The van der Waals surface area contributed by atoms with Crippen molar-refractivity contribution in [2.75, 3.05) is 12.4 Å². The van der Waals surface area contributed by atoms with Gasteiger partial charge in [0, 0.05) is 10.7 Å². The number of thiocarbonyl (C=S) groups is 1. The zero-order valence-corrected chi connectivity index (χ0v) is 15.9. The highest BCUT2D eigenvalue weighted by Gasteiger charge is 2.31. The number of ether oxygens (including phenoxy) is 1. The van der Waals surface area contributed by atoms with Gasteiger partial charge in [0.25, 0.3) is 5.91 Å². The summed E-state index contributed by atoms with van der Waals surface area (Å²) in [4.78, 5) is 13.1. The second kappa shape index (κ2) is 7.76. The van der Waals surface area contributed by atoms with E-state index < -0.39 is 6.04 Å². The summed E-state index contributed by atoms with van der Waals surface area (Å²) < 4.78 is 5.30. The maximum atomic E-state index is 13.1. The van der Waals surface area contributed by atoms with Gasteiger partial charge >= 0.3 is 0 Å². The van der Waals surface area contributed by atoms with Crippen molar-refractivity contribution in [2.24, 2.45) is 0 Å². The Morgan fingerprint density at radius 2 is 1.88 bits per heavy atom. The van der Waals surface area contributed by atoms with E-state index in [4.69, 9.17) is 28.6 Å². The number of amides is 1. The molecule has 0 saturated heterocycles. The van der Waals surface area contributed by atoms with Crippen molar-refractivity contribution in [1.29, 1.82) is 0 Å². The Morgan fingerprint density at radius 1 is 1.19 bits per heavy atom. The van der Waals surface area contributed by atoms with Gasteiger partial charge in [0.1, 0.15) is 5.75 Å². The van der Waals surface area contributed by atoms with Crippen LogP contribution < -0.4 is 20.7 Å². The fraction of sp³-hybridized carbons (Fsp3) is 0.158. The molecule has 3 rings (SSSR count). The highest BCUT2D eigenvalue weighted by molar-refractivity contribution is 7.80.